The number of hydrogen-bond acceptors (Lipinski definition) is 6. The van der Waals surface area contributed by atoms with Crippen LogP contribution < -0.4 is 20.9 Å². The number of nitrogens with one attached hydrogen (secondary N) is 1. The summed E-state index contributed by atoms with van der Waals surface area (Å²) < 4.78 is 5.61. The summed E-state index contributed by atoms with van der Waals surface area (Å²) in [6.07, 6.45) is -0.652. The first-order valence-corrected chi connectivity index (χ1v) is 7.91. The van der Waals surface area contributed by atoms with Gasteiger partial charge in [-0.15, -0.1) is 11.3 Å². The van der Waals surface area contributed by atoms with Gasteiger partial charge in [0.2, 0.25) is 0 Å². The van der Waals surface area contributed by atoms with E-state index in [-0.39, 0.29) is 12.5 Å². The number of carbonyl (C=O) groups excluding carboxylic acids is 2. The highest BCUT2D eigenvalue weighted by atomic mass is 32.1. The zero-order valence-electron chi connectivity index (χ0n) is 12.7. The lowest BCUT2D eigenvalue weighted by molar-refractivity contribution is -0.128. The number of amides is 2. The number of fused-ring (bicyclic) bond motifs is 1. The molecule has 1 aromatic carbocycles. The average Bonchev–Trinajstić information content (AvgIpc) is 2.97. The van der Waals surface area contributed by atoms with Crippen molar-refractivity contribution in [3.05, 3.63) is 28.6 Å². The number of rotatable bonds is 3. The van der Waals surface area contributed by atoms with E-state index in [1.807, 2.05) is 23.8 Å². The molecule has 1 unspecified atom stereocenters. The van der Waals surface area contributed by atoms with E-state index >= 15 is 0 Å². The Bertz CT molecular complexity index is 774. The molecule has 1 aliphatic rings. The van der Waals surface area contributed by atoms with Crippen LogP contribution >= 0.6 is 11.3 Å². The molecule has 0 spiro atoms. The van der Waals surface area contributed by atoms with Gasteiger partial charge in [0.05, 0.1) is 16.4 Å². The zero-order valence-corrected chi connectivity index (χ0v) is 13.5. The topological polar surface area (TPSA) is 97.5 Å². The number of carbonyl (C=O) groups is 2. The summed E-state index contributed by atoms with van der Waals surface area (Å²) in [5.74, 6) is 4.95. The molecule has 2 amide bonds. The quantitative estimate of drug-likeness (QED) is 0.500. The van der Waals surface area contributed by atoms with Crippen molar-refractivity contribution in [3.8, 4) is 17.0 Å². The van der Waals surface area contributed by atoms with Gasteiger partial charge in [0.1, 0.15) is 12.3 Å². The third-order valence-electron chi connectivity index (χ3n) is 3.54. The van der Waals surface area contributed by atoms with Crippen LogP contribution in [0.2, 0.25) is 0 Å². The lowest BCUT2D eigenvalue weighted by Gasteiger charge is -2.32. The van der Waals surface area contributed by atoms with E-state index in [9.17, 15) is 9.59 Å². The van der Waals surface area contributed by atoms with E-state index in [0.29, 0.717) is 11.4 Å². The lowest BCUT2D eigenvalue weighted by Crippen LogP contribution is -2.49. The largest absolute Gasteiger partial charge is 0.479 e. The number of hydrogen-bond donors (Lipinski definition) is 2. The number of hydrazine groups is 1. The third kappa shape index (κ3) is 2.90. The number of aryl methyl sites for hydroxylation is 1. The van der Waals surface area contributed by atoms with E-state index in [2.05, 4.69) is 4.98 Å². The van der Waals surface area contributed by atoms with Crippen LogP contribution in [0.15, 0.2) is 23.6 Å². The van der Waals surface area contributed by atoms with Crippen molar-refractivity contribution in [3.63, 3.8) is 0 Å². The summed E-state index contributed by atoms with van der Waals surface area (Å²) in [5, 5.41) is 2.90. The minimum absolute atomic E-state index is 0.157. The molecule has 2 aromatic rings. The first kappa shape index (κ1) is 15.4. The standard InChI is InChI=1S/C15H16N4O3S/c1-8-15(21)19(6-14(20)18-16)12-5-10(3-4-13(12)22-8)11-7-23-9(2)17-11/h3-5,7-8H,6,16H2,1-2H3,(H,18,20). The zero-order chi connectivity index (χ0) is 16.6. The number of ether oxygens (including phenoxy) is 1. The molecule has 0 radical (unpaired) electrons. The number of benzene rings is 1. The van der Waals surface area contributed by atoms with Gasteiger partial charge in [0, 0.05) is 10.9 Å². The molecule has 0 saturated carbocycles. The van der Waals surface area contributed by atoms with Gasteiger partial charge >= 0.3 is 0 Å². The Kier molecular flexibility index (Phi) is 4.01. The molecule has 0 saturated heterocycles. The van der Waals surface area contributed by atoms with Gasteiger partial charge in [-0.1, -0.05) is 0 Å². The van der Waals surface area contributed by atoms with Crippen molar-refractivity contribution >= 4 is 28.8 Å². The normalized spacial score (nSPS) is 16.7. The fourth-order valence-corrected chi connectivity index (χ4v) is 3.04. The molecule has 0 fully saturated rings. The Hall–Kier alpha value is -2.45. The first-order chi connectivity index (χ1) is 11.0. The van der Waals surface area contributed by atoms with Crippen LogP contribution in [-0.4, -0.2) is 29.4 Å². The maximum Gasteiger partial charge on any atom is 0.268 e. The number of nitrogens with zero attached hydrogens (tertiary/aromatic N) is 2. The molecule has 2 heterocycles. The van der Waals surface area contributed by atoms with E-state index in [1.54, 1.807) is 30.4 Å². The molecule has 1 atom stereocenters. The Balaban J connectivity index is 2.03. The van der Waals surface area contributed by atoms with E-state index in [4.69, 9.17) is 10.6 Å². The molecule has 7 nitrogen and oxygen atoms in total. The highest BCUT2D eigenvalue weighted by molar-refractivity contribution is 7.09. The predicted octanol–water partition coefficient (Wildman–Crippen LogP) is 1.22. The first-order valence-electron chi connectivity index (χ1n) is 7.03. The number of thiazole rings is 1. The SMILES string of the molecule is Cc1nc(-c2ccc3c(c2)N(CC(=O)NN)C(=O)C(C)O3)cs1. The van der Waals surface area contributed by atoms with Crippen molar-refractivity contribution in [2.45, 2.75) is 20.0 Å². The van der Waals surface area contributed by atoms with Crippen LogP contribution in [0.1, 0.15) is 11.9 Å². The highest BCUT2D eigenvalue weighted by Gasteiger charge is 2.33. The molecule has 120 valence electrons. The van der Waals surface area contributed by atoms with Gasteiger partial charge in [-0.3, -0.25) is 19.9 Å². The summed E-state index contributed by atoms with van der Waals surface area (Å²) >= 11 is 1.55. The molecular formula is C15H16N4O3S. The number of nitrogens with two attached hydrogens (primary N) is 1. The summed E-state index contributed by atoms with van der Waals surface area (Å²) in [6, 6.07) is 5.48. The van der Waals surface area contributed by atoms with E-state index < -0.39 is 12.0 Å². The van der Waals surface area contributed by atoms with Gasteiger partial charge < -0.3 is 4.74 Å². The van der Waals surface area contributed by atoms with Crippen LogP contribution in [0.3, 0.4) is 0 Å². The third-order valence-corrected chi connectivity index (χ3v) is 4.32. The summed E-state index contributed by atoms with van der Waals surface area (Å²) in [6.45, 7) is 3.42. The van der Waals surface area contributed by atoms with Crippen LogP contribution in [0.4, 0.5) is 5.69 Å². The minimum Gasteiger partial charge on any atom is -0.479 e. The fourth-order valence-electron chi connectivity index (χ4n) is 2.41. The molecular weight excluding hydrogens is 316 g/mol. The predicted molar refractivity (Wildman–Crippen MR) is 87.1 cm³/mol. The number of anilines is 1. The second-order valence-electron chi connectivity index (χ2n) is 5.19. The average molecular weight is 332 g/mol. The summed E-state index contributed by atoms with van der Waals surface area (Å²) in [5.41, 5.74) is 4.27. The molecule has 3 N–H and O–H groups in total. The lowest BCUT2D eigenvalue weighted by atomic mass is 10.1. The van der Waals surface area contributed by atoms with Crippen molar-refractivity contribution in [1.29, 1.82) is 0 Å². The highest BCUT2D eigenvalue weighted by Crippen LogP contribution is 2.37. The Morgan fingerprint density at radius 2 is 2.30 bits per heavy atom. The molecule has 1 aliphatic heterocycles. The van der Waals surface area contributed by atoms with Crippen LogP contribution in [-0.2, 0) is 9.59 Å². The van der Waals surface area contributed by atoms with Gasteiger partial charge in [0.15, 0.2) is 6.10 Å². The van der Waals surface area contributed by atoms with Gasteiger partial charge in [-0.2, -0.15) is 0 Å². The summed E-state index contributed by atoms with van der Waals surface area (Å²) in [7, 11) is 0. The molecule has 0 aliphatic carbocycles. The maximum absolute atomic E-state index is 12.4. The van der Waals surface area contributed by atoms with Crippen molar-refractivity contribution < 1.29 is 14.3 Å². The van der Waals surface area contributed by atoms with Crippen LogP contribution in [0, 0.1) is 6.92 Å². The Morgan fingerprint density at radius 1 is 1.52 bits per heavy atom. The van der Waals surface area contributed by atoms with Crippen molar-refractivity contribution in [2.24, 2.45) is 5.84 Å². The monoisotopic (exact) mass is 332 g/mol. The maximum atomic E-state index is 12.4. The number of aromatic nitrogens is 1. The molecule has 0 bridgehead atoms. The van der Waals surface area contributed by atoms with E-state index in [1.165, 1.54) is 4.90 Å². The molecule has 23 heavy (non-hydrogen) atoms. The summed E-state index contributed by atoms with van der Waals surface area (Å²) in [4.78, 5) is 29.8. The van der Waals surface area contributed by atoms with Gasteiger partial charge in [-0.25, -0.2) is 10.8 Å². The Labute approximate surface area is 137 Å². The molecule has 3 rings (SSSR count). The van der Waals surface area contributed by atoms with Crippen LogP contribution in [0.25, 0.3) is 11.3 Å². The second kappa shape index (κ2) is 5.98. The van der Waals surface area contributed by atoms with E-state index in [0.717, 1.165) is 16.3 Å². The smallest absolute Gasteiger partial charge is 0.268 e. The van der Waals surface area contributed by atoms with Gasteiger partial charge in [-0.05, 0) is 32.0 Å². The molecule has 1 aromatic heterocycles. The molecule has 8 heteroatoms. The van der Waals surface area contributed by atoms with Gasteiger partial charge in [0.25, 0.3) is 11.8 Å². The van der Waals surface area contributed by atoms with Crippen molar-refractivity contribution in [2.75, 3.05) is 11.4 Å². The second-order valence-corrected chi connectivity index (χ2v) is 6.25. The van der Waals surface area contributed by atoms with Crippen molar-refractivity contribution in [1.82, 2.24) is 10.4 Å². The fraction of sp³-hybridized carbons (Fsp3) is 0.267. The van der Waals surface area contributed by atoms with Crippen LogP contribution in [0.5, 0.6) is 5.75 Å². The Morgan fingerprint density at radius 3 is 2.96 bits per heavy atom. The minimum atomic E-state index is -0.652.